The van der Waals surface area contributed by atoms with E-state index in [2.05, 4.69) is 10.9 Å². The van der Waals surface area contributed by atoms with E-state index in [1.807, 2.05) is 48.5 Å². The standard InChI is InChI=1S/C25H26N2O3/c28-23(22-18-5-1-3-7-20(18)30-21-8-4-2-6-19(21)22)26-27-24(29)25-12-15-9-16(13-25)11-17(10-15)14-25/h1-8,15-17,22H,9-14H2,(H,26,28)(H,27,29). The first kappa shape index (κ1) is 18.0. The van der Waals surface area contributed by atoms with Crippen LogP contribution in [0.5, 0.6) is 11.5 Å². The van der Waals surface area contributed by atoms with Crippen molar-refractivity contribution in [1.82, 2.24) is 10.9 Å². The Hall–Kier alpha value is -2.82. The summed E-state index contributed by atoms with van der Waals surface area (Å²) < 4.78 is 5.98. The second-order valence-electron chi connectivity index (χ2n) is 9.75. The van der Waals surface area contributed by atoms with Gasteiger partial charge in [-0.2, -0.15) is 0 Å². The molecule has 30 heavy (non-hydrogen) atoms. The largest absolute Gasteiger partial charge is 0.457 e. The Bertz CT molecular complexity index is 950. The van der Waals surface area contributed by atoms with E-state index in [0.29, 0.717) is 29.3 Å². The first-order valence-electron chi connectivity index (χ1n) is 11.1. The molecule has 1 aliphatic heterocycles. The van der Waals surface area contributed by atoms with Crippen LogP contribution in [0.1, 0.15) is 55.6 Å². The first-order valence-corrected chi connectivity index (χ1v) is 11.1. The summed E-state index contributed by atoms with van der Waals surface area (Å²) in [5.74, 6) is 2.70. The van der Waals surface area contributed by atoms with Crippen molar-refractivity contribution in [2.24, 2.45) is 23.2 Å². The summed E-state index contributed by atoms with van der Waals surface area (Å²) in [6.07, 6.45) is 6.79. The van der Waals surface area contributed by atoms with E-state index in [1.54, 1.807) is 0 Å². The minimum absolute atomic E-state index is 0.00331. The third-order valence-corrected chi connectivity index (χ3v) is 7.76. The van der Waals surface area contributed by atoms with Crippen molar-refractivity contribution in [2.45, 2.75) is 44.4 Å². The van der Waals surface area contributed by atoms with Crippen molar-refractivity contribution >= 4 is 11.8 Å². The van der Waals surface area contributed by atoms with Crippen molar-refractivity contribution in [1.29, 1.82) is 0 Å². The topological polar surface area (TPSA) is 67.4 Å². The van der Waals surface area contributed by atoms with Crippen LogP contribution < -0.4 is 15.6 Å². The van der Waals surface area contributed by atoms with E-state index in [-0.39, 0.29) is 17.2 Å². The third-order valence-electron chi connectivity index (χ3n) is 7.76. The van der Waals surface area contributed by atoms with Crippen molar-refractivity contribution in [3.63, 3.8) is 0 Å². The molecule has 5 nitrogen and oxygen atoms in total. The van der Waals surface area contributed by atoms with Crippen LogP contribution in [0.2, 0.25) is 0 Å². The molecule has 4 fully saturated rings. The van der Waals surface area contributed by atoms with Crippen molar-refractivity contribution in [3.8, 4) is 11.5 Å². The van der Waals surface area contributed by atoms with Gasteiger partial charge in [-0.15, -0.1) is 0 Å². The zero-order chi connectivity index (χ0) is 20.3. The highest BCUT2D eigenvalue weighted by Crippen LogP contribution is 2.60. The zero-order valence-corrected chi connectivity index (χ0v) is 16.9. The number of rotatable bonds is 2. The molecule has 4 bridgehead atoms. The Labute approximate surface area is 176 Å². The molecule has 2 aromatic rings. The molecule has 2 N–H and O–H groups in total. The van der Waals surface area contributed by atoms with Crippen molar-refractivity contribution < 1.29 is 14.3 Å². The van der Waals surface area contributed by atoms with Crippen LogP contribution in [-0.4, -0.2) is 11.8 Å². The smallest absolute Gasteiger partial charge is 0.250 e. The molecule has 154 valence electrons. The lowest BCUT2D eigenvalue weighted by Gasteiger charge is -2.55. The summed E-state index contributed by atoms with van der Waals surface area (Å²) in [7, 11) is 0. The maximum atomic E-state index is 13.3. The average Bonchev–Trinajstić information content (AvgIpc) is 2.74. The lowest BCUT2D eigenvalue weighted by Crippen LogP contribution is -2.57. The van der Waals surface area contributed by atoms with Gasteiger partial charge in [-0.1, -0.05) is 36.4 Å². The third kappa shape index (κ3) is 2.75. The number of carbonyl (C=O) groups excluding carboxylic acids is 2. The molecule has 4 aliphatic carbocycles. The monoisotopic (exact) mass is 402 g/mol. The molecule has 0 saturated heterocycles. The quantitative estimate of drug-likeness (QED) is 0.737. The minimum Gasteiger partial charge on any atom is -0.457 e. The fourth-order valence-corrected chi connectivity index (χ4v) is 6.90. The van der Waals surface area contributed by atoms with E-state index in [9.17, 15) is 9.59 Å². The number of hydrazine groups is 1. The van der Waals surface area contributed by atoms with Gasteiger partial charge < -0.3 is 4.74 Å². The number of ether oxygens (including phenoxy) is 1. The maximum absolute atomic E-state index is 13.3. The molecule has 5 heteroatoms. The van der Waals surface area contributed by atoms with Gasteiger partial charge >= 0.3 is 0 Å². The summed E-state index contributed by atoms with van der Waals surface area (Å²) in [5, 5.41) is 0. The van der Waals surface area contributed by atoms with Crippen LogP contribution in [0.4, 0.5) is 0 Å². The van der Waals surface area contributed by atoms with E-state index < -0.39 is 5.92 Å². The van der Waals surface area contributed by atoms with Crippen molar-refractivity contribution in [3.05, 3.63) is 59.7 Å². The van der Waals surface area contributed by atoms with Gasteiger partial charge in [0.15, 0.2) is 0 Å². The predicted molar refractivity (Wildman–Crippen MR) is 112 cm³/mol. The number of carbonyl (C=O) groups is 2. The summed E-state index contributed by atoms with van der Waals surface area (Å²) in [6, 6.07) is 15.2. The van der Waals surface area contributed by atoms with E-state index in [4.69, 9.17) is 4.74 Å². The first-order chi connectivity index (χ1) is 14.6. The van der Waals surface area contributed by atoms with Crippen LogP contribution in [-0.2, 0) is 9.59 Å². The van der Waals surface area contributed by atoms with Crippen LogP contribution in [0.15, 0.2) is 48.5 Å². The van der Waals surface area contributed by atoms with Gasteiger partial charge in [0, 0.05) is 11.1 Å². The number of hydrogen-bond donors (Lipinski definition) is 2. The number of amides is 2. The molecule has 2 aromatic carbocycles. The lowest BCUT2D eigenvalue weighted by atomic mass is 9.49. The molecule has 0 atom stereocenters. The van der Waals surface area contributed by atoms with E-state index >= 15 is 0 Å². The van der Waals surface area contributed by atoms with Crippen molar-refractivity contribution in [2.75, 3.05) is 0 Å². The summed E-state index contributed by atoms with van der Waals surface area (Å²) in [6.45, 7) is 0. The Balaban J connectivity index is 1.23. The van der Waals surface area contributed by atoms with Crippen LogP contribution >= 0.6 is 0 Å². The second-order valence-corrected chi connectivity index (χ2v) is 9.75. The highest BCUT2D eigenvalue weighted by Gasteiger charge is 2.54. The van der Waals surface area contributed by atoms with Crippen LogP contribution in [0, 0.1) is 23.2 Å². The molecule has 0 spiro atoms. The number of hydrogen-bond acceptors (Lipinski definition) is 3. The molecule has 5 aliphatic rings. The Morgan fingerprint density at radius 1 is 0.767 bits per heavy atom. The summed E-state index contributed by atoms with van der Waals surface area (Å²) in [4.78, 5) is 26.5. The Morgan fingerprint density at radius 2 is 1.27 bits per heavy atom. The number of para-hydroxylation sites is 2. The minimum atomic E-state index is -0.511. The van der Waals surface area contributed by atoms with Gasteiger partial charge in [0.2, 0.25) is 5.91 Å². The molecule has 0 unspecified atom stereocenters. The van der Waals surface area contributed by atoms with Crippen LogP contribution in [0.3, 0.4) is 0 Å². The predicted octanol–water partition coefficient (Wildman–Crippen LogP) is 4.29. The molecular formula is C25H26N2O3. The maximum Gasteiger partial charge on any atom is 0.250 e. The molecule has 0 radical (unpaired) electrons. The van der Waals surface area contributed by atoms with Gasteiger partial charge in [-0.3, -0.25) is 20.4 Å². The molecule has 2 amide bonds. The zero-order valence-electron chi connectivity index (χ0n) is 16.9. The Kier molecular flexibility index (Phi) is 3.95. The fourth-order valence-electron chi connectivity index (χ4n) is 6.90. The molecule has 0 aromatic heterocycles. The highest BCUT2D eigenvalue weighted by atomic mass is 16.5. The highest BCUT2D eigenvalue weighted by molar-refractivity contribution is 5.92. The summed E-state index contributed by atoms with van der Waals surface area (Å²) >= 11 is 0. The molecule has 1 heterocycles. The van der Waals surface area contributed by atoms with Gasteiger partial charge in [-0.25, -0.2) is 0 Å². The van der Waals surface area contributed by atoms with Gasteiger partial charge in [0.1, 0.15) is 11.5 Å². The van der Waals surface area contributed by atoms with E-state index in [1.165, 1.54) is 19.3 Å². The normalized spacial score (nSPS) is 30.7. The SMILES string of the molecule is O=C(NNC(=O)C12CC3CC(CC(C3)C1)C2)C1c2ccccc2Oc2ccccc21. The molecule has 4 saturated carbocycles. The molecular weight excluding hydrogens is 376 g/mol. The van der Waals surface area contributed by atoms with E-state index in [0.717, 1.165) is 30.4 Å². The van der Waals surface area contributed by atoms with Gasteiger partial charge in [-0.05, 0) is 68.4 Å². The average molecular weight is 402 g/mol. The molecule has 7 rings (SSSR count). The second kappa shape index (κ2) is 6.59. The lowest BCUT2D eigenvalue weighted by molar-refractivity contribution is -0.149. The number of nitrogens with one attached hydrogen (secondary N) is 2. The van der Waals surface area contributed by atoms with Crippen LogP contribution in [0.25, 0.3) is 0 Å². The van der Waals surface area contributed by atoms with Gasteiger partial charge in [0.25, 0.3) is 5.91 Å². The fraction of sp³-hybridized carbons (Fsp3) is 0.440. The number of benzene rings is 2. The Morgan fingerprint density at radius 3 is 1.80 bits per heavy atom. The number of fused-ring (bicyclic) bond motifs is 2. The summed E-state index contributed by atoms with van der Waals surface area (Å²) in [5.41, 5.74) is 6.93. The van der Waals surface area contributed by atoms with Gasteiger partial charge in [0.05, 0.1) is 11.3 Å².